The molecule has 0 aliphatic heterocycles. The van der Waals surface area contributed by atoms with Crippen LogP contribution in [-0.4, -0.2) is 19.2 Å². The number of amides is 1. The Labute approximate surface area is 89.7 Å². The van der Waals surface area contributed by atoms with Gasteiger partial charge in [-0.2, -0.15) is 0 Å². The van der Waals surface area contributed by atoms with Crippen molar-refractivity contribution in [3.8, 4) is 0 Å². The Morgan fingerprint density at radius 2 is 1.93 bits per heavy atom. The van der Waals surface area contributed by atoms with Crippen molar-refractivity contribution >= 4 is 17.9 Å². The second-order valence-electron chi connectivity index (χ2n) is 3.75. The maximum absolute atomic E-state index is 11.4. The van der Waals surface area contributed by atoms with E-state index in [0.717, 1.165) is 11.1 Å². The van der Waals surface area contributed by atoms with Crippen molar-refractivity contribution in [3.05, 3.63) is 28.8 Å². The van der Waals surface area contributed by atoms with Gasteiger partial charge >= 0.3 is 0 Å². The predicted molar refractivity (Wildman–Crippen MR) is 60.4 cm³/mol. The molecule has 0 radical (unpaired) electrons. The van der Waals surface area contributed by atoms with E-state index < -0.39 is 0 Å². The third-order valence-electron chi connectivity index (χ3n) is 2.33. The summed E-state index contributed by atoms with van der Waals surface area (Å²) in [5, 5.41) is 0. The highest BCUT2D eigenvalue weighted by Crippen LogP contribution is 2.25. The SMILES string of the molecule is CC(=O)c1cc(C)cc(C)c1N(C)C=O. The zero-order valence-corrected chi connectivity index (χ0v) is 9.50. The number of nitrogens with zero attached hydrogens (tertiary/aromatic N) is 1. The predicted octanol–water partition coefficient (Wildman–Crippen LogP) is 2.10. The largest absolute Gasteiger partial charge is 0.317 e. The van der Waals surface area contributed by atoms with Crippen molar-refractivity contribution in [3.63, 3.8) is 0 Å². The van der Waals surface area contributed by atoms with Gasteiger partial charge in [0.25, 0.3) is 0 Å². The van der Waals surface area contributed by atoms with Crippen LogP contribution in [-0.2, 0) is 4.79 Å². The Morgan fingerprint density at radius 3 is 2.40 bits per heavy atom. The van der Waals surface area contributed by atoms with Crippen molar-refractivity contribution < 1.29 is 9.59 Å². The minimum absolute atomic E-state index is 0.0227. The molecule has 3 heteroatoms. The van der Waals surface area contributed by atoms with Gasteiger partial charge in [-0.1, -0.05) is 6.07 Å². The van der Waals surface area contributed by atoms with Gasteiger partial charge in [0.2, 0.25) is 6.41 Å². The third-order valence-corrected chi connectivity index (χ3v) is 2.33. The molecule has 3 nitrogen and oxygen atoms in total. The van der Waals surface area contributed by atoms with E-state index in [2.05, 4.69) is 0 Å². The van der Waals surface area contributed by atoms with Crippen LogP contribution >= 0.6 is 0 Å². The van der Waals surface area contributed by atoms with Gasteiger partial charge in [0, 0.05) is 12.6 Å². The maximum Gasteiger partial charge on any atom is 0.213 e. The molecule has 0 spiro atoms. The number of hydrogen-bond donors (Lipinski definition) is 0. The number of rotatable bonds is 3. The summed E-state index contributed by atoms with van der Waals surface area (Å²) in [4.78, 5) is 23.6. The number of Topliss-reactive ketones (excluding diaryl/α,β-unsaturated/α-hetero) is 1. The highest BCUT2D eigenvalue weighted by Gasteiger charge is 2.13. The van der Waals surface area contributed by atoms with Crippen molar-refractivity contribution in [2.45, 2.75) is 20.8 Å². The Kier molecular flexibility index (Phi) is 3.24. The zero-order valence-electron chi connectivity index (χ0n) is 9.50. The van der Waals surface area contributed by atoms with E-state index in [1.165, 1.54) is 11.8 Å². The fraction of sp³-hybridized carbons (Fsp3) is 0.333. The molecule has 0 N–H and O–H groups in total. The Hall–Kier alpha value is -1.64. The quantitative estimate of drug-likeness (QED) is 0.559. The Morgan fingerprint density at radius 1 is 1.33 bits per heavy atom. The van der Waals surface area contributed by atoms with E-state index in [9.17, 15) is 9.59 Å². The number of aryl methyl sites for hydroxylation is 2. The standard InChI is InChI=1S/C12H15NO2/c1-8-5-9(2)12(13(4)7-14)11(6-8)10(3)15/h5-7H,1-4H3. The van der Waals surface area contributed by atoms with Gasteiger partial charge in [-0.05, 0) is 38.0 Å². The van der Waals surface area contributed by atoms with Crippen LogP contribution in [0.25, 0.3) is 0 Å². The molecule has 0 saturated carbocycles. The number of benzene rings is 1. The molecule has 1 rings (SSSR count). The van der Waals surface area contributed by atoms with Crippen LogP contribution < -0.4 is 4.90 Å². The molecule has 1 aromatic rings. The molecule has 0 aliphatic rings. The van der Waals surface area contributed by atoms with Crippen LogP contribution in [0.3, 0.4) is 0 Å². The minimum Gasteiger partial charge on any atom is -0.317 e. The molecule has 80 valence electrons. The number of carbonyl (C=O) groups is 2. The molecule has 0 unspecified atom stereocenters. The summed E-state index contributed by atoms with van der Waals surface area (Å²) >= 11 is 0. The van der Waals surface area contributed by atoms with Crippen molar-refractivity contribution in [1.29, 1.82) is 0 Å². The van der Waals surface area contributed by atoms with E-state index in [-0.39, 0.29) is 5.78 Å². The van der Waals surface area contributed by atoms with E-state index in [4.69, 9.17) is 0 Å². The number of carbonyl (C=O) groups excluding carboxylic acids is 2. The summed E-state index contributed by atoms with van der Waals surface area (Å²) in [7, 11) is 1.65. The van der Waals surface area contributed by atoms with Gasteiger partial charge in [0.05, 0.1) is 5.69 Å². The zero-order chi connectivity index (χ0) is 11.6. The van der Waals surface area contributed by atoms with Crippen molar-refractivity contribution in [2.24, 2.45) is 0 Å². The van der Waals surface area contributed by atoms with Gasteiger partial charge in [0.1, 0.15) is 0 Å². The molecule has 0 aromatic heterocycles. The van der Waals surface area contributed by atoms with Crippen LogP contribution in [0.5, 0.6) is 0 Å². The molecule has 0 fully saturated rings. The maximum atomic E-state index is 11.4. The van der Waals surface area contributed by atoms with E-state index in [1.54, 1.807) is 7.05 Å². The average Bonchev–Trinajstić information content (AvgIpc) is 2.15. The molecule has 1 amide bonds. The monoisotopic (exact) mass is 205 g/mol. The summed E-state index contributed by atoms with van der Waals surface area (Å²) in [6.07, 6.45) is 0.712. The molecule has 15 heavy (non-hydrogen) atoms. The second kappa shape index (κ2) is 4.26. The van der Waals surface area contributed by atoms with Crippen LogP contribution in [0, 0.1) is 13.8 Å². The fourth-order valence-electron chi connectivity index (χ4n) is 1.75. The lowest BCUT2D eigenvalue weighted by Crippen LogP contribution is -2.18. The van der Waals surface area contributed by atoms with Crippen LogP contribution in [0.1, 0.15) is 28.4 Å². The minimum atomic E-state index is -0.0227. The summed E-state index contributed by atoms with van der Waals surface area (Å²) in [5.74, 6) is -0.0227. The van der Waals surface area contributed by atoms with Gasteiger partial charge in [0.15, 0.2) is 5.78 Å². The van der Waals surface area contributed by atoms with E-state index >= 15 is 0 Å². The van der Waals surface area contributed by atoms with Crippen LogP contribution in [0.2, 0.25) is 0 Å². The first-order valence-corrected chi connectivity index (χ1v) is 4.77. The first kappa shape index (κ1) is 11.4. The summed E-state index contributed by atoms with van der Waals surface area (Å²) in [6, 6.07) is 3.77. The van der Waals surface area contributed by atoms with Crippen LogP contribution in [0.15, 0.2) is 12.1 Å². The lowest BCUT2D eigenvalue weighted by atomic mass is 10.0. The van der Waals surface area contributed by atoms with Crippen LogP contribution in [0.4, 0.5) is 5.69 Å². The average molecular weight is 205 g/mol. The fourth-order valence-corrected chi connectivity index (χ4v) is 1.75. The van der Waals surface area contributed by atoms with Gasteiger partial charge in [-0.15, -0.1) is 0 Å². The smallest absolute Gasteiger partial charge is 0.213 e. The molecule has 0 saturated heterocycles. The topological polar surface area (TPSA) is 37.4 Å². The number of anilines is 1. The second-order valence-corrected chi connectivity index (χ2v) is 3.75. The number of hydrogen-bond acceptors (Lipinski definition) is 2. The molecule has 0 atom stereocenters. The van der Waals surface area contributed by atoms with E-state index in [0.29, 0.717) is 17.7 Å². The summed E-state index contributed by atoms with van der Waals surface area (Å²) < 4.78 is 0. The lowest BCUT2D eigenvalue weighted by molar-refractivity contribution is -0.107. The molecule has 0 heterocycles. The molecular formula is C12H15NO2. The lowest BCUT2D eigenvalue weighted by Gasteiger charge is -2.18. The van der Waals surface area contributed by atoms with Gasteiger partial charge in [-0.3, -0.25) is 9.59 Å². The Balaban J connectivity index is 3.46. The molecular weight excluding hydrogens is 190 g/mol. The molecule has 0 aliphatic carbocycles. The Bertz CT molecular complexity index is 410. The van der Waals surface area contributed by atoms with E-state index in [1.807, 2.05) is 26.0 Å². The van der Waals surface area contributed by atoms with Gasteiger partial charge in [-0.25, -0.2) is 0 Å². The first-order chi connectivity index (χ1) is 6.97. The summed E-state index contributed by atoms with van der Waals surface area (Å²) in [5.41, 5.74) is 3.26. The third kappa shape index (κ3) is 2.24. The number of ketones is 1. The van der Waals surface area contributed by atoms with Crippen molar-refractivity contribution in [2.75, 3.05) is 11.9 Å². The van der Waals surface area contributed by atoms with Gasteiger partial charge < -0.3 is 4.90 Å². The normalized spacial score (nSPS) is 9.87. The highest BCUT2D eigenvalue weighted by molar-refractivity contribution is 6.02. The summed E-state index contributed by atoms with van der Waals surface area (Å²) in [6.45, 7) is 5.34. The highest BCUT2D eigenvalue weighted by atomic mass is 16.1. The van der Waals surface area contributed by atoms with Crippen molar-refractivity contribution in [1.82, 2.24) is 0 Å². The first-order valence-electron chi connectivity index (χ1n) is 4.77. The molecule has 1 aromatic carbocycles. The molecule has 0 bridgehead atoms.